The molecule has 0 bridgehead atoms. The molecule has 0 heterocycles. The zero-order valence-corrected chi connectivity index (χ0v) is 9.94. The van der Waals surface area contributed by atoms with E-state index in [0.29, 0.717) is 23.6 Å². The average molecular weight is 235 g/mol. The second-order valence-electron chi connectivity index (χ2n) is 4.32. The lowest BCUT2D eigenvalue weighted by Gasteiger charge is -2.07. The fraction of sp³-hybridized carbons (Fsp3) is 0.462. The van der Waals surface area contributed by atoms with Crippen LogP contribution in [0.15, 0.2) is 18.2 Å². The zero-order valence-electron chi connectivity index (χ0n) is 9.94. The molecule has 17 heavy (non-hydrogen) atoms. The van der Waals surface area contributed by atoms with Gasteiger partial charge in [-0.1, -0.05) is 12.8 Å². The molecule has 0 atom stereocenters. The Balaban J connectivity index is 1.92. The van der Waals surface area contributed by atoms with Gasteiger partial charge in [-0.05, 0) is 30.5 Å². The molecule has 0 radical (unpaired) electrons. The van der Waals surface area contributed by atoms with Crippen molar-refractivity contribution in [3.63, 3.8) is 0 Å². The number of hydrogen-bond donors (Lipinski definition) is 1. The average Bonchev–Trinajstić information content (AvgIpc) is 3.13. The Morgan fingerprint density at radius 2 is 2.24 bits per heavy atom. The number of nitrogens with two attached hydrogens (primary N) is 1. The monoisotopic (exact) mass is 235 g/mol. The molecule has 1 aromatic rings. The van der Waals surface area contributed by atoms with Crippen molar-refractivity contribution in [2.45, 2.75) is 19.3 Å². The van der Waals surface area contributed by atoms with E-state index in [1.807, 2.05) is 0 Å². The first-order valence-corrected chi connectivity index (χ1v) is 5.81. The van der Waals surface area contributed by atoms with E-state index in [0.717, 1.165) is 12.3 Å². The van der Waals surface area contributed by atoms with Gasteiger partial charge in [0.15, 0.2) is 0 Å². The van der Waals surface area contributed by atoms with Gasteiger partial charge in [0, 0.05) is 0 Å². The van der Waals surface area contributed by atoms with Crippen LogP contribution >= 0.6 is 0 Å². The van der Waals surface area contributed by atoms with Crippen LogP contribution in [0.2, 0.25) is 0 Å². The lowest BCUT2D eigenvalue weighted by atomic mass is 10.2. The van der Waals surface area contributed by atoms with Gasteiger partial charge < -0.3 is 15.2 Å². The predicted molar refractivity (Wildman–Crippen MR) is 65.0 cm³/mol. The highest BCUT2D eigenvalue weighted by molar-refractivity contribution is 5.90. The summed E-state index contributed by atoms with van der Waals surface area (Å²) in [5.74, 6) is 0.953. The third-order valence-electron chi connectivity index (χ3n) is 2.93. The minimum Gasteiger partial charge on any atom is -0.495 e. The summed E-state index contributed by atoms with van der Waals surface area (Å²) in [5.41, 5.74) is 6.67. The van der Waals surface area contributed by atoms with E-state index < -0.39 is 0 Å². The molecule has 0 amide bonds. The van der Waals surface area contributed by atoms with Crippen LogP contribution in [0, 0.1) is 5.92 Å². The van der Waals surface area contributed by atoms with Gasteiger partial charge in [-0.15, -0.1) is 0 Å². The fourth-order valence-corrected chi connectivity index (χ4v) is 1.65. The maximum Gasteiger partial charge on any atom is 0.338 e. The number of nitrogen functional groups attached to an aromatic ring is 1. The normalized spacial score (nSPS) is 14.4. The Hall–Kier alpha value is -1.71. The number of ether oxygens (including phenoxy) is 2. The van der Waals surface area contributed by atoms with Gasteiger partial charge in [-0.2, -0.15) is 0 Å². The van der Waals surface area contributed by atoms with E-state index in [-0.39, 0.29) is 5.97 Å². The molecule has 92 valence electrons. The maximum atomic E-state index is 11.7. The summed E-state index contributed by atoms with van der Waals surface area (Å²) in [7, 11) is 1.52. The topological polar surface area (TPSA) is 61.5 Å². The summed E-state index contributed by atoms with van der Waals surface area (Å²) in [4.78, 5) is 11.7. The Morgan fingerprint density at radius 3 is 2.88 bits per heavy atom. The van der Waals surface area contributed by atoms with E-state index >= 15 is 0 Å². The smallest absolute Gasteiger partial charge is 0.338 e. The van der Waals surface area contributed by atoms with E-state index in [2.05, 4.69) is 0 Å². The second-order valence-corrected chi connectivity index (χ2v) is 4.32. The summed E-state index contributed by atoms with van der Waals surface area (Å²) < 4.78 is 10.2. The molecule has 4 nitrogen and oxygen atoms in total. The van der Waals surface area contributed by atoms with Crippen molar-refractivity contribution < 1.29 is 14.3 Å². The summed E-state index contributed by atoms with van der Waals surface area (Å²) in [6.07, 6.45) is 3.51. The van der Waals surface area contributed by atoms with Gasteiger partial charge in [0.05, 0.1) is 25.0 Å². The molecule has 0 aliphatic heterocycles. The number of carbonyl (C=O) groups excluding carboxylic acids is 1. The first kappa shape index (κ1) is 11.8. The van der Waals surface area contributed by atoms with Gasteiger partial charge in [-0.25, -0.2) is 4.79 Å². The Labute approximate surface area is 101 Å². The van der Waals surface area contributed by atoms with Crippen molar-refractivity contribution >= 4 is 11.7 Å². The van der Waals surface area contributed by atoms with Crippen molar-refractivity contribution in [2.24, 2.45) is 5.92 Å². The highest BCUT2D eigenvalue weighted by Crippen LogP contribution is 2.32. The van der Waals surface area contributed by atoms with Crippen LogP contribution in [-0.2, 0) is 4.74 Å². The van der Waals surface area contributed by atoms with E-state index in [9.17, 15) is 4.79 Å². The molecule has 0 spiro atoms. The minimum absolute atomic E-state index is 0.316. The number of hydrogen-bond acceptors (Lipinski definition) is 4. The van der Waals surface area contributed by atoms with E-state index in [1.54, 1.807) is 18.2 Å². The Kier molecular flexibility index (Phi) is 3.52. The Morgan fingerprint density at radius 1 is 1.47 bits per heavy atom. The second kappa shape index (κ2) is 5.08. The molecule has 1 saturated carbocycles. The van der Waals surface area contributed by atoms with Crippen LogP contribution in [0.3, 0.4) is 0 Å². The lowest BCUT2D eigenvalue weighted by Crippen LogP contribution is -2.07. The highest BCUT2D eigenvalue weighted by atomic mass is 16.5. The standard InChI is InChI=1S/C13H17NO3/c1-16-12-8-10(4-5-11(12)14)13(15)17-7-6-9-2-3-9/h4-5,8-9H,2-3,6-7,14H2,1H3. The van der Waals surface area contributed by atoms with Gasteiger partial charge in [0.1, 0.15) is 5.75 Å². The third-order valence-corrected chi connectivity index (χ3v) is 2.93. The first-order valence-electron chi connectivity index (χ1n) is 5.81. The minimum atomic E-state index is -0.316. The van der Waals surface area contributed by atoms with Crippen molar-refractivity contribution in [2.75, 3.05) is 19.5 Å². The number of benzene rings is 1. The molecule has 0 unspecified atom stereocenters. The van der Waals surface area contributed by atoms with Crippen molar-refractivity contribution in [1.82, 2.24) is 0 Å². The number of rotatable bonds is 5. The van der Waals surface area contributed by atoms with Crippen LogP contribution < -0.4 is 10.5 Å². The van der Waals surface area contributed by atoms with Crippen molar-refractivity contribution in [1.29, 1.82) is 0 Å². The summed E-state index contributed by atoms with van der Waals surface area (Å²) in [6.45, 7) is 0.496. The quantitative estimate of drug-likeness (QED) is 0.628. The summed E-state index contributed by atoms with van der Waals surface area (Å²) in [6, 6.07) is 4.91. The highest BCUT2D eigenvalue weighted by Gasteiger charge is 2.21. The molecule has 1 aromatic carbocycles. The summed E-state index contributed by atoms with van der Waals surface area (Å²) in [5, 5.41) is 0. The van der Waals surface area contributed by atoms with Crippen molar-refractivity contribution in [3.8, 4) is 5.75 Å². The summed E-state index contributed by atoms with van der Waals surface area (Å²) >= 11 is 0. The SMILES string of the molecule is COc1cc(C(=O)OCCC2CC2)ccc1N. The van der Waals surface area contributed by atoms with Crippen LogP contribution in [0.4, 0.5) is 5.69 Å². The molecule has 4 heteroatoms. The predicted octanol–water partition coefficient (Wildman–Crippen LogP) is 2.23. The van der Waals surface area contributed by atoms with Crippen LogP contribution in [0.25, 0.3) is 0 Å². The van der Waals surface area contributed by atoms with E-state index in [1.165, 1.54) is 20.0 Å². The van der Waals surface area contributed by atoms with Gasteiger partial charge >= 0.3 is 5.97 Å². The molecule has 1 aliphatic rings. The zero-order chi connectivity index (χ0) is 12.3. The third kappa shape index (κ3) is 3.12. The number of esters is 1. The molecular weight excluding hydrogens is 218 g/mol. The lowest BCUT2D eigenvalue weighted by molar-refractivity contribution is 0.0494. The molecule has 0 aromatic heterocycles. The van der Waals surface area contributed by atoms with Crippen LogP contribution in [0.1, 0.15) is 29.6 Å². The molecule has 2 rings (SSSR count). The van der Waals surface area contributed by atoms with Crippen molar-refractivity contribution in [3.05, 3.63) is 23.8 Å². The van der Waals surface area contributed by atoms with Crippen LogP contribution in [-0.4, -0.2) is 19.7 Å². The molecular formula is C13H17NO3. The fourth-order valence-electron chi connectivity index (χ4n) is 1.65. The Bertz CT molecular complexity index is 413. The molecule has 0 saturated heterocycles. The number of methoxy groups -OCH3 is 1. The first-order chi connectivity index (χ1) is 8.20. The van der Waals surface area contributed by atoms with Crippen LogP contribution in [0.5, 0.6) is 5.75 Å². The largest absolute Gasteiger partial charge is 0.495 e. The number of carbonyl (C=O) groups is 1. The maximum absolute atomic E-state index is 11.7. The molecule has 1 aliphatic carbocycles. The van der Waals surface area contributed by atoms with Gasteiger partial charge in [0.2, 0.25) is 0 Å². The van der Waals surface area contributed by atoms with Gasteiger partial charge in [0.25, 0.3) is 0 Å². The molecule has 2 N–H and O–H groups in total. The molecule has 1 fully saturated rings. The van der Waals surface area contributed by atoms with Gasteiger partial charge in [-0.3, -0.25) is 0 Å². The number of anilines is 1. The van der Waals surface area contributed by atoms with E-state index in [4.69, 9.17) is 15.2 Å².